The van der Waals surface area contributed by atoms with Crippen LogP contribution < -0.4 is 5.32 Å². The van der Waals surface area contributed by atoms with Crippen LogP contribution in [0.15, 0.2) is 63.6 Å². The van der Waals surface area contributed by atoms with Gasteiger partial charge in [-0.15, -0.1) is 0 Å². The minimum Gasteiger partial charge on any atom is -0.466 e. The van der Waals surface area contributed by atoms with Crippen molar-refractivity contribution >= 4 is 27.6 Å². The zero-order valence-corrected chi connectivity index (χ0v) is 14.6. The van der Waals surface area contributed by atoms with Gasteiger partial charge in [0.2, 0.25) is 0 Å². The third-order valence-electron chi connectivity index (χ3n) is 4.68. The van der Waals surface area contributed by atoms with Gasteiger partial charge in [0.15, 0.2) is 5.76 Å². The maximum Gasteiger partial charge on any atom is 0.287 e. The average Bonchev–Trinajstić information content (AvgIpc) is 3.29. The summed E-state index contributed by atoms with van der Waals surface area (Å²) in [5.74, 6) is 0.284. The first-order valence-electron chi connectivity index (χ1n) is 8.43. The zero-order valence-electron chi connectivity index (χ0n) is 14.6. The number of furan rings is 2. The largest absolute Gasteiger partial charge is 0.466 e. The number of amides is 1. The van der Waals surface area contributed by atoms with Gasteiger partial charge in [0.05, 0.1) is 12.8 Å². The van der Waals surface area contributed by atoms with Gasteiger partial charge in [0.1, 0.15) is 16.9 Å². The molecule has 4 rings (SSSR count). The number of aliphatic hydroxyl groups is 1. The van der Waals surface area contributed by atoms with Crippen molar-refractivity contribution in [2.75, 3.05) is 6.54 Å². The highest BCUT2D eigenvalue weighted by Gasteiger charge is 2.28. The van der Waals surface area contributed by atoms with Crippen LogP contribution in [0.3, 0.4) is 0 Å². The van der Waals surface area contributed by atoms with Crippen LogP contribution in [-0.2, 0) is 5.60 Å². The second kappa shape index (κ2) is 6.04. The van der Waals surface area contributed by atoms with E-state index in [0.717, 1.165) is 21.7 Å². The lowest BCUT2D eigenvalue weighted by Gasteiger charge is -2.20. The quantitative estimate of drug-likeness (QED) is 0.581. The number of rotatable bonds is 4. The minimum absolute atomic E-state index is 0.0105. The van der Waals surface area contributed by atoms with Crippen molar-refractivity contribution in [3.05, 3.63) is 71.9 Å². The fraction of sp³-hybridized carbons (Fsp3) is 0.190. The van der Waals surface area contributed by atoms with E-state index in [-0.39, 0.29) is 18.2 Å². The molecular weight excluding hydrogens is 330 g/mol. The fourth-order valence-electron chi connectivity index (χ4n) is 3.17. The number of carbonyl (C=O) groups is 1. The Morgan fingerprint density at radius 2 is 1.92 bits per heavy atom. The number of nitrogens with one attached hydrogen (secondary N) is 1. The van der Waals surface area contributed by atoms with Crippen molar-refractivity contribution < 1.29 is 18.7 Å². The van der Waals surface area contributed by atoms with Crippen LogP contribution >= 0.6 is 0 Å². The van der Waals surface area contributed by atoms with Crippen LogP contribution in [0.25, 0.3) is 21.7 Å². The van der Waals surface area contributed by atoms with Gasteiger partial charge in [-0.25, -0.2) is 0 Å². The Morgan fingerprint density at radius 1 is 1.12 bits per heavy atom. The summed E-state index contributed by atoms with van der Waals surface area (Å²) in [5, 5.41) is 16.1. The molecule has 2 heterocycles. The lowest BCUT2D eigenvalue weighted by atomic mass is 10.0. The second-order valence-electron chi connectivity index (χ2n) is 6.65. The van der Waals surface area contributed by atoms with Crippen molar-refractivity contribution in [1.82, 2.24) is 5.32 Å². The normalized spacial score (nSPS) is 13.8. The Balaban J connectivity index is 1.65. The van der Waals surface area contributed by atoms with Gasteiger partial charge in [0, 0.05) is 16.3 Å². The molecule has 0 saturated carbocycles. The predicted octanol–water partition coefficient (Wildman–Crippen LogP) is 4.12. The zero-order chi connectivity index (χ0) is 18.3. The van der Waals surface area contributed by atoms with Gasteiger partial charge in [-0.05, 0) is 31.4 Å². The first-order valence-corrected chi connectivity index (χ1v) is 8.43. The average molecular weight is 349 g/mol. The number of aryl methyl sites for hydroxylation is 1. The van der Waals surface area contributed by atoms with Crippen molar-refractivity contribution in [3.63, 3.8) is 0 Å². The summed E-state index contributed by atoms with van der Waals surface area (Å²) in [6.45, 7) is 3.46. The van der Waals surface area contributed by atoms with Gasteiger partial charge < -0.3 is 19.3 Å². The van der Waals surface area contributed by atoms with E-state index in [2.05, 4.69) is 5.32 Å². The molecule has 0 aliphatic rings. The predicted molar refractivity (Wildman–Crippen MR) is 99.1 cm³/mol. The lowest BCUT2D eigenvalue weighted by molar-refractivity contribution is 0.0326. The van der Waals surface area contributed by atoms with E-state index in [0.29, 0.717) is 11.3 Å². The third kappa shape index (κ3) is 2.66. The molecule has 132 valence electrons. The van der Waals surface area contributed by atoms with E-state index in [1.165, 1.54) is 6.26 Å². The fourth-order valence-corrected chi connectivity index (χ4v) is 3.17. The molecule has 2 N–H and O–H groups in total. The Morgan fingerprint density at radius 3 is 2.69 bits per heavy atom. The Kier molecular flexibility index (Phi) is 3.81. The van der Waals surface area contributed by atoms with Crippen LogP contribution in [0.4, 0.5) is 0 Å². The summed E-state index contributed by atoms with van der Waals surface area (Å²) in [6, 6.07) is 15.2. The monoisotopic (exact) mass is 349 g/mol. The van der Waals surface area contributed by atoms with Crippen molar-refractivity contribution in [2.45, 2.75) is 19.4 Å². The summed E-state index contributed by atoms with van der Waals surface area (Å²) >= 11 is 0. The Labute approximate surface area is 150 Å². The van der Waals surface area contributed by atoms with E-state index in [9.17, 15) is 9.90 Å². The molecule has 0 radical (unpaired) electrons. The second-order valence-corrected chi connectivity index (χ2v) is 6.65. The Bertz CT molecular complexity index is 1090. The van der Waals surface area contributed by atoms with E-state index < -0.39 is 5.60 Å². The van der Waals surface area contributed by atoms with Crippen LogP contribution in [0.1, 0.15) is 28.8 Å². The first-order chi connectivity index (χ1) is 12.5. The van der Waals surface area contributed by atoms with Gasteiger partial charge >= 0.3 is 0 Å². The first kappa shape index (κ1) is 16.4. The molecule has 0 spiro atoms. The molecule has 5 heteroatoms. The maximum absolute atomic E-state index is 12.6. The van der Waals surface area contributed by atoms with E-state index in [1.807, 2.05) is 43.3 Å². The van der Waals surface area contributed by atoms with Crippen molar-refractivity contribution in [3.8, 4) is 0 Å². The van der Waals surface area contributed by atoms with Gasteiger partial charge in [-0.3, -0.25) is 4.79 Å². The summed E-state index contributed by atoms with van der Waals surface area (Å²) in [5.41, 5.74) is 0.177. The summed E-state index contributed by atoms with van der Waals surface area (Å²) < 4.78 is 11.1. The highest BCUT2D eigenvalue weighted by atomic mass is 16.4. The van der Waals surface area contributed by atoms with Crippen molar-refractivity contribution in [2.24, 2.45) is 0 Å². The van der Waals surface area contributed by atoms with Crippen LogP contribution in [-0.4, -0.2) is 17.6 Å². The molecule has 26 heavy (non-hydrogen) atoms. The number of carbonyl (C=O) groups excluding carboxylic acids is 1. The summed E-state index contributed by atoms with van der Waals surface area (Å²) in [4.78, 5) is 12.6. The molecule has 1 unspecified atom stereocenters. The molecule has 0 aliphatic heterocycles. The van der Waals surface area contributed by atoms with Gasteiger partial charge in [0.25, 0.3) is 5.91 Å². The topological polar surface area (TPSA) is 75.6 Å². The van der Waals surface area contributed by atoms with Gasteiger partial charge in [-0.2, -0.15) is 0 Å². The van der Waals surface area contributed by atoms with Crippen molar-refractivity contribution in [1.29, 1.82) is 0 Å². The van der Waals surface area contributed by atoms with E-state index in [4.69, 9.17) is 8.83 Å². The molecule has 2 aromatic carbocycles. The summed E-state index contributed by atoms with van der Waals surface area (Å²) in [7, 11) is 0. The number of hydrogen-bond donors (Lipinski definition) is 2. The van der Waals surface area contributed by atoms with Crippen LogP contribution in [0, 0.1) is 6.92 Å². The SMILES string of the molecule is Cc1c(C(=O)NCC(C)(O)c2ccco2)oc2c1ccc1ccccc12. The van der Waals surface area contributed by atoms with Gasteiger partial charge in [-0.1, -0.05) is 36.4 Å². The standard InChI is InChI=1S/C21H19NO4/c1-13-15-10-9-14-6-3-4-7-16(14)19(15)26-18(13)20(23)22-12-21(2,24)17-8-5-11-25-17/h3-11,24H,12H2,1-2H3,(H,22,23). The van der Waals surface area contributed by atoms with E-state index in [1.54, 1.807) is 19.1 Å². The molecule has 1 amide bonds. The molecule has 0 fully saturated rings. The smallest absolute Gasteiger partial charge is 0.287 e. The molecule has 0 aliphatic carbocycles. The lowest BCUT2D eigenvalue weighted by Crippen LogP contribution is -2.38. The highest BCUT2D eigenvalue weighted by molar-refractivity contribution is 6.08. The molecule has 5 nitrogen and oxygen atoms in total. The van der Waals surface area contributed by atoms with Crippen LogP contribution in [0.2, 0.25) is 0 Å². The molecule has 0 bridgehead atoms. The number of fused-ring (bicyclic) bond motifs is 3. The maximum atomic E-state index is 12.6. The molecule has 0 saturated heterocycles. The molecule has 2 aromatic heterocycles. The molecule has 1 atom stereocenters. The number of hydrogen-bond acceptors (Lipinski definition) is 4. The van der Waals surface area contributed by atoms with Crippen LogP contribution in [0.5, 0.6) is 0 Å². The Hall–Kier alpha value is -3.05. The minimum atomic E-state index is -1.30. The highest BCUT2D eigenvalue weighted by Crippen LogP contribution is 2.31. The third-order valence-corrected chi connectivity index (χ3v) is 4.68. The molecular formula is C21H19NO4. The molecule has 4 aromatic rings. The number of benzene rings is 2. The summed E-state index contributed by atoms with van der Waals surface area (Å²) in [6.07, 6.45) is 1.49. The van der Waals surface area contributed by atoms with E-state index >= 15 is 0 Å².